The number of hydrogen-bond donors (Lipinski definition) is 0. The molecular formula is C10H6ClN3O3S. The molecule has 1 aromatic carbocycles. The summed E-state index contributed by atoms with van der Waals surface area (Å²) in [5, 5.41) is 3.32. The predicted octanol–water partition coefficient (Wildman–Crippen LogP) is 2.50. The van der Waals surface area contributed by atoms with Crippen LogP contribution in [-0.2, 0) is 9.05 Å². The molecule has 1 atom stereocenters. The number of ketones is 1. The fourth-order valence-electron chi connectivity index (χ4n) is 1.72. The number of Topliss-reactive ketones (excluding diaryl/α,β-unsaturated/α-hetero) is 1. The van der Waals surface area contributed by atoms with E-state index in [1.807, 2.05) is 0 Å². The van der Waals surface area contributed by atoms with Crippen molar-refractivity contribution in [3.63, 3.8) is 0 Å². The Morgan fingerprint density at radius 1 is 1.39 bits per heavy atom. The van der Waals surface area contributed by atoms with Gasteiger partial charge in [-0.1, -0.05) is 29.4 Å². The molecule has 1 aliphatic carbocycles. The number of rotatable bonds is 2. The average molecular weight is 284 g/mol. The monoisotopic (exact) mass is 283 g/mol. The van der Waals surface area contributed by atoms with Crippen molar-refractivity contribution in [1.82, 2.24) is 0 Å². The van der Waals surface area contributed by atoms with Gasteiger partial charge < -0.3 is 0 Å². The summed E-state index contributed by atoms with van der Waals surface area (Å²) in [6.07, 6.45) is 2.77. The topological polar surface area (TPSA) is 100.0 Å². The molecule has 1 unspecified atom stereocenters. The number of azide groups is 1. The molecule has 0 aromatic heterocycles. The fraction of sp³-hybridized carbons (Fsp3) is 0.100. The summed E-state index contributed by atoms with van der Waals surface area (Å²) in [6, 6.07) is 3.24. The molecule has 0 aliphatic heterocycles. The van der Waals surface area contributed by atoms with Gasteiger partial charge >= 0.3 is 0 Å². The third-order valence-corrected chi connectivity index (χ3v) is 3.86. The molecule has 0 N–H and O–H groups in total. The fourth-order valence-corrected chi connectivity index (χ4v) is 2.81. The highest BCUT2D eigenvalue weighted by Gasteiger charge is 2.26. The van der Waals surface area contributed by atoms with E-state index < -0.39 is 20.9 Å². The number of fused-ring (bicyclic) bond motifs is 1. The third-order valence-electron chi connectivity index (χ3n) is 2.48. The molecule has 0 fully saturated rings. The van der Waals surface area contributed by atoms with E-state index in [4.69, 9.17) is 16.2 Å². The Balaban J connectivity index is 2.67. The molecule has 0 saturated carbocycles. The molecule has 0 bridgehead atoms. The highest BCUT2D eigenvalue weighted by atomic mass is 35.7. The molecule has 0 saturated heterocycles. The second kappa shape index (κ2) is 4.45. The second-order valence-corrected chi connectivity index (χ2v) is 6.06. The van der Waals surface area contributed by atoms with Crippen LogP contribution < -0.4 is 0 Å². The Kier molecular flexibility index (Phi) is 3.13. The standard InChI is InChI=1S/C10H6ClN3O3S/c11-18(16,17)9-3-1-2-7-6(9)4-5-8(10(7)15)13-14-12/h1-5,8H. The highest BCUT2D eigenvalue weighted by molar-refractivity contribution is 8.13. The van der Waals surface area contributed by atoms with Crippen LogP contribution in [0.1, 0.15) is 15.9 Å². The molecule has 1 aromatic rings. The van der Waals surface area contributed by atoms with E-state index in [1.54, 1.807) is 0 Å². The minimum Gasteiger partial charge on any atom is -0.293 e. The molecule has 2 rings (SSSR count). The van der Waals surface area contributed by atoms with Crippen LogP contribution in [0.25, 0.3) is 16.5 Å². The predicted molar refractivity (Wildman–Crippen MR) is 65.8 cm³/mol. The zero-order valence-corrected chi connectivity index (χ0v) is 10.4. The van der Waals surface area contributed by atoms with Gasteiger partial charge in [-0.05, 0) is 11.6 Å². The number of benzene rings is 1. The summed E-state index contributed by atoms with van der Waals surface area (Å²) in [7, 11) is 1.35. The van der Waals surface area contributed by atoms with E-state index in [0.717, 1.165) is 0 Å². The van der Waals surface area contributed by atoms with Crippen LogP contribution >= 0.6 is 10.7 Å². The molecule has 92 valence electrons. The van der Waals surface area contributed by atoms with Crippen molar-refractivity contribution in [1.29, 1.82) is 0 Å². The minimum absolute atomic E-state index is 0.134. The molecule has 18 heavy (non-hydrogen) atoms. The number of halogens is 1. The zero-order chi connectivity index (χ0) is 13.3. The molecule has 0 amide bonds. The molecule has 0 heterocycles. The van der Waals surface area contributed by atoms with Gasteiger partial charge in [-0.25, -0.2) is 8.42 Å². The lowest BCUT2D eigenvalue weighted by Gasteiger charge is -2.15. The summed E-state index contributed by atoms with van der Waals surface area (Å²) in [6.45, 7) is 0. The molecular weight excluding hydrogens is 278 g/mol. The van der Waals surface area contributed by atoms with E-state index in [-0.39, 0.29) is 16.0 Å². The van der Waals surface area contributed by atoms with E-state index in [1.165, 1.54) is 30.4 Å². The van der Waals surface area contributed by atoms with Gasteiger partial charge in [0.15, 0.2) is 5.78 Å². The Hall–Kier alpha value is -1.82. The summed E-state index contributed by atoms with van der Waals surface area (Å²) in [5.74, 6) is -0.451. The van der Waals surface area contributed by atoms with Crippen molar-refractivity contribution in [3.8, 4) is 0 Å². The van der Waals surface area contributed by atoms with Crippen molar-refractivity contribution in [2.75, 3.05) is 0 Å². The summed E-state index contributed by atoms with van der Waals surface area (Å²) in [4.78, 5) is 14.4. The van der Waals surface area contributed by atoms with Crippen molar-refractivity contribution < 1.29 is 13.2 Å². The highest BCUT2D eigenvalue weighted by Crippen LogP contribution is 2.29. The van der Waals surface area contributed by atoms with E-state index in [9.17, 15) is 13.2 Å². The first-order valence-electron chi connectivity index (χ1n) is 4.79. The van der Waals surface area contributed by atoms with Crippen LogP contribution in [0.5, 0.6) is 0 Å². The van der Waals surface area contributed by atoms with Gasteiger partial charge in [0.2, 0.25) is 0 Å². The first kappa shape index (κ1) is 12.6. The lowest BCUT2D eigenvalue weighted by atomic mass is 9.93. The van der Waals surface area contributed by atoms with E-state index >= 15 is 0 Å². The van der Waals surface area contributed by atoms with Crippen LogP contribution in [0.3, 0.4) is 0 Å². The quantitative estimate of drug-likeness (QED) is 0.361. The van der Waals surface area contributed by atoms with Gasteiger partial charge in [0.1, 0.15) is 6.04 Å². The lowest BCUT2D eigenvalue weighted by molar-refractivity contribution is 0.0976. The van der Waals surface area contributed by atoms with Crippen molar-refractivity contribution in [3.05, 3.63) is 45.8 Å². The SMILES string of the molecule is [N-]=[N+]=NC1C=Cc2c(cccc2S(=O)(=O)Cl)C1=O. The van der Waals surface area contributed by atoms with Gasteiger partial charge in [-0.2, -0.15) is 0 Å². The van der Waals surface area contributed by atoms with Crippen LogP contribution in [0.4, 0.5) is 0 Å². The summed E-state index contributed by atoms with van der Waals surface area (Å²) < 4.78 is 22.7. The lowest BCUT2D eigenvalue weighted by Crippen LogP contribution is -2.20. The molecule has 0 radical (unpaired) electrons. The molecule has 1 aliphatic rings. The van der Waals surface area contributed by atoms with Crippen LogP contribution in [0, 0.1) is 0 Å². The Morgan fingerprint density at radius 2 is 2.11 bits per heavy atom. The molecule has 6 nitrogen and oxygen atoms in total. The number of carbonyl (C=O) groups is 1. The van der Waals surface area contributed by atoms with Crippen molar-refractivity contribution in [2.24, 2.45) is 5.11 Å². The summed E-state index contributed by atoms with van der Waals surface area (Å²) >= 11 is 0. The van der Waals surface area contributed by atoms with Gasteiger partial charge in [0.05, 0.1) is 4.90 Å². The second-order valence-electron chi connectivity index (χ2n) is 3.53. The first-order chi connectivity index (χ1) is 8.45. The number of carbonyl (C=O) groups excluding carboxylic acids is 1. The van der Waals surface area contributed by atoms with Gasteiger partial charge in [-0.15, -0.1) is 0 Å². The number of hydrogen-bond acceptors (Lipinski definition) is 4. The van der Waals surface area contributed by atoms with Crippen LogP contribution in [0.15, 0.2) is 34.3 Å². The summed E-state index contributed by atoms with van der Waals surface area (Å²) in [5.41, 5.74) is 8.72. The maximum atomic E-state index is 11.9. The van der Waals surface area contributed by atoms with Gasteiger partial charge in [0, 0.05) is 26.7 Å². The average Bonchev–Trinajstić information content (AvgIpc) is 2.31. The first-order valence-corrected chi connectivity index (χ1v) is 7.10. The van der Waals surface area contributed by atoms with Crippen LogP contribution in [-0.4, -0.2) is 20.2 Å². The van der Waals surface area contributed by atoms with Crippen LogP contribution in [0.2, 0.25) is 0 Å². The minimum atomic E-state index is -3.93. The Bertz CT molecular complexity index is 705. The normalized spacial score (nSPS) is 18.1. The maximum absolute atomic E-state index is 11.9. The molecule has 0 spiro atoms. The molecule has 8 heteroatoms. The van der Waals surface area contributed by atoms with Gasteiger partial charge in [0.25, 0.3) is 9.05 Å². The van der Waals surface area contributed by atoms with E-state index in [2.05, 4.69) is 10.0 Å². The van der Waals surface area contributed by atoms with Crippen molar-refractivity contribution >= 4 is 31.6 Å². The maximum Gasteiger partial charge on any atom is 0.261 e. The Labute approximate surface area is 107 Å². The Morgan fingerprint density at radius 3 is 2.72 bits per heavy atom. The number of nitrogens with zero attached hydrogens (tertiary/aromatic N) is 3. The zero-order valence-electron chi connectivity index (χ0n) is 8.82. The largest absolute Gasteiger partial charge is 0.293 e. The van der Waals surface area contributed by atoms with Crippen molar-refractivity contribution in [2.45, 2.75) is 10.9 Å². The smallest absolute Gasteiger partial charge is 0.261 e. The van der Waals surface area contributed by atoms with E-state index in [0.29, 0.717) is 0 Å². The third kappa shape index (κ3) is 2.11. The van der Waals surface area contributed by atoms with Gasteiger partial charge in [-0.3, -0.25) is 4.79 Å².